The summed E-state index contributed by atoms with van der Waals surface area (Å²) in [5.41, 5.74) is 11.6. The number of benzene rings is 2. The molecule has 0 heterocycles. The normalized spacial score (nSPS) is 12.8. The van der Waals surface area contributed by atoms with Crippen molar-refractivity contribution in [2.24, 2.45) is 0 Å². The van der Waals surface area contributed by atoms with E-state index in [4.69, 9.17) is 5.73 Å². The van der Waals surface area contributed by atoms with Gasteiger partial charge >= 0.3 is 0 Å². The van der Waals surface area contributed by atoms with Crippen LogP contribution >= 0.6 is 0 Å². The molecule has 1 amide bonds. The van der Waals surface area contributed by atoms with Gasteiger partial charge in [-0.25, -0.2) is 0 Å². The van der Waals surface area contributed by atoms with Gasteiger partial charge in [-0.15, -0.1) is 0 Å². The number of nitrogens with one attached hydrogen (secondary N) is 2. The van der Waals surface area contributed by atoms with Crippen molar-refractivity contribution >= 4 is 23.0 Å². The Morgan fingerprint density at radius 2 is 1.90 bits per heavy atom. The molecule has 1 aliphatic carbocycles. The van der Waals surface area contributed by atoms with E-state index in [1.54, 1.807) is 25.2 Å². The highest BCUT2D eigenvalue weighted by Gasteiger charge is 2.13. The van der Waals surface area contributed by atoms with Crippen LogP contribution in [-0.2, 0) is 12.8 Å². The van der Waals surface area contributed by atoms with Gasteiger partial charge in [-0.3, -0.25) is 4.79 Å². The molecule has 0 fully saturated rings. The van der Waals surface area contributed by atoms with Crippen molar-refractivity contribution < 1.29 is 4.79 Å². The number of hydrogen-bond donors (Lipinski definition) is 3. The molecule has 4 nitrogen and oxygen atoms in total. The maximum Gasteiger partial charge on any atom is 0.253 e. The fourth-order valence-corrected chi connectivity index (χ4v) is 2.80. The molecule has 0 bridgehead atoms. The van der Waals surface area contributed by atoms with Gasteiger partial charge in [0.2, 0.25) is 0 Å². The number of carbonyl (C=O) groups excluding carboxylic acids is 1. The molecule has 0 spiro atoms. The Balaban J connectivity index is 1.94. The van der Waals surface area contributed by atoms with Crippen molar-refractivity contribution in [1.29, 1.82) is 0 Å². The maximum atomic E-state index is 11.9. The lowest BCUT2D eigenvalue weighted by molar-refractivity contribution is 0.0964. The van der Waals surface area contributed by atoms with Crippen LogP contribution in [0.4, 0.5) is 17.1 Å². The van der Waals surface area contributed by atoms with Crippen LogP contribution in [0.3, 0.4) is 0 Å². The van der Waals surface area contributed by atoms with Crippen molar-refractivity contribution in [2.75, 3.05) is 18.1 Å². The minimum Gasteiger partial charge on any atom is -0.399 e. The van der Waals surface area contributed by atoms with Crippen LogP contribution in [0.15, 0.2) is 36.4 Å². The quantitative estimate of drug-likeness (QED) is 0.758. The Bertz CT molecular complexity index is 694. The van der Waals surface area contributed by atoms with Crippen LogP contribution in [-0.4, -0.2) is 13.0 Å². The summed E-state index contributed by atoms with van der Waals surface area (Å²) in [4.78, 5) is 11.9. The summed E-state index contributed by atoms with van der Waals surface area (Å²) in [6.45, 7) is 0. The number of rotatable bonds is 3. The predicted molar refractivity (Wildman–Crippen MR) is 86.0 cm³/mol. The molecule has 1 aliphatic rings. The van der Waals surface area contributed by atoms with E-state index < -0.39 is 0 Å². The van der Waals surface area contributed by atoms with E-state index in [1.165, 1.54) is 17.5 Å². The standard InChI is InChI=1S/C17H19N3O/c1-19-17(21)15-8-6-13(18)10-16(15)20-14-7-5-11-3-2-4-12(11)9-14/h5-10,20H,2-4,18H2,1H3,(H,19,21). The minimum absolute atomic E-state index is 0.126. The molecule has 4 heteroatoms. The third kappa shape index (κ3) is 2.70. The third-order valence-corrected chi connectivity index (χ3v) is 3.89. The molecule has 4 N–H and O–H groups in total. The number of nitrogen functional groups attached to an aromatic ring is 1. The molecule has 2 aromatic carbocycles. The molecule has 0 radical (unpaired) electrons. The minimum atomic E-state index is -0.126. The first-order chi connectivity index (χ1) is 10.2. The van der Waals surface area contributed by atoms with Crippen LogP contribution in [0.5, 0.6) is 0 Å². The summed E-state index contributed by atoms with van der Waals surface area (Å²) >= 11 is 0. The Morgan fingerprint density at radius 1 is 1.10 bits per heavy atom. The van der Waals surface area contributed by atoms with Crippen molar-refractivity contribution in [3.05, 3.63) is 53.1 Å². The molecule has 0 aliphatic heterocycles. The number of anilines is 3. The fraction of sp³-hybridized carbons (Fsp3) is 0.235. The average molecular weight is 281 g/mol. The molecule has 2 aromatic rings. The highest BCUT2D eigenvalue weighted by Crippen LogP contribution is 2.28. The van der Waals surface area contributed by atoms with Gasteiger partial charge in [0.05, 0.1) is 11.3 Å². The number of amides is 1. The summed E-state index contributed by atoms with van der Waals surface area (Å²) < 4.78 is 0. The van der Waals surface area contributed by atoms with E-state index >= 15 is 0 Å². The van der Waals surface area contributed by atoms with Crippen LogP contribution in [0.25, 0.3) is 0 Å². The van der Waals surface area contributed by atoms with Crippen molar-refractivity contribution in [1.82, 2.24) is 5.32 Å². The van der Waals surface area contributed by atoms with Gasteiger partial charge in [0, 0.05) is 18.4 Å². The Hall–Kier alpha value is -2.49. The van der Waals surface area contributed by atoms with E-state index in [-0.39, 0.29) is 5.91 Å². The largest absolute Gasteiger partial charge is 0.399 e. The van der Waals surface area contributed by atoms with Crippen LogP contribution < -0.4 is 16.4 Å². The van der Waals surface area contributed by atoms with Gasteiger partial charge in [0.15, 0.2) is 0 Å². The summed E-state index contributed by atoms with van der Waals surface area (Å²) in [5, 5.41) is 5.97. The zero-order valence-electron chi connectivity index (χ0n) is 12.1. The molecular formula is C17H19N3O. The first kappa shape index (κ1) is 13.5. The van der Waals surface area contributed by atoms with E-state index in [1.807, 2.05) is 0 Å². The molecule has 0 unspecified atom stereocenters. The predicted octanol–water partition coefficient (Wildman–Crippen LogP) is 2.86. The Labute approximate surface area is 124 Å². The zero-order chi connectivity index (χ0) is 14.8. The van der Waals surface area contributed by atoms with Crippen molar-refractivity contribution in [2.45, 2.75) is 19.3 Å². The molecule has 108 valence electrons. The Kier molecular flexibility index (Phi) is 3.52. The molecule has 21 heavy (non-hydrogen) atoms. The molecule has 0 aromatic heterocycles. The maximum absolute atomic E-state index is 11.9. The van der Waals surface area contributed by atoms with Crippen molar-refractivity contribution in [3.63, 3.8) is 0 Å². The number of carbonyl (C=O) groups is 1. The molecule has 0 saturated carbocycles. The zero-order valence-corrected chi connectivity index (χ0v) is 12.1. The smallest absolute Gasteiger partial charge is 0.253 e. The summed E-state index contributed by atoms with van der Waals surface area (Å²) in [7, 11) is 1.62. The van der Waals surface area contributed by atoms with Gasteiger partial charge in [-0.1, -0.05) is 6.07 Å². The van der Waals surface area contributed by atoms with Gasteiger partial charge in [-0.05, 0) is 60.7 Å². The summed E-state index contributed by atoms with van der Waals surface area (Å²) in [5.74, 6) is -0.126. The first-order valence-electron chi connectivity index (χ1n) is 7.18. The monoisotopic (exact) mass is 281 g/mol. The highest BCUT2D eigenvalue weighted by atomic mass is 16.1. The van der Waals surface area contributed by atoms with Gasteiger partial charge in [-0.2, -0.15) is 0 Å². The second kappa shape index (κ2) is 5.48. The molecular weight excluding hydrogens is 262 g/mol. The molecule has 3 rings (SSSR count). The van der Waals surface area contributed by atoms with Crippen LogP contribution in [0.2, 0.25) is 0 Å². The number of hydrogen-bond acceptors (Lipinski definition) is 3. The number of fused-ring (bicyclic) bond motifs is 1. The lowest BCUT2D eigenvalue weighted by Gasteiger charge is -2.13. The fourth-order valence-electron chi connectivity index (χ4n) is 2.80. The lowest BCUT2D eigenvalue weighted by Crippen LogP contribution is -2.19. The van der Waals surface area contributed by atoms with Crippen LogP contribution in [0.1, 0.15) is 27.9 Å². The van der Waals surface area contributed by atoms with Crippen LogP contribution in [0, 0.1) is 0 Å². The van der Waals surface area contributed by atoms with Gasteiger partial charge in [0.25, 0.3) is 5.91 Å². The highest BCUT2D eigenvalue weighted by molar-refractivity contribution is 6.00. The van der Waals surface area contributed by atoms with E-state index in [0.29, 0.717) is 11.3 Å². The summed E-state index contributed by atoms with van der Waals surface area (Å²) in [6.07, 6.45) is 3.52. The number of aryl methyl sites for hydroxylation is 2. The van der Waals surface area contributed by atoms with Gasteiger partial charge in [0.1, 0.15) is 0 Å². The number of nitrogens with two attached hydrogens (primary N) is 1. The second-order valence-corrected chi connectivity index (χ2v) is 5.35. The lowest BCUT2D eigenvalue weighted by atomic mass is 10.1. The second-order valence-electron chi connectivity index (χ2n) is 5.35. The molecule has 0 atom stereocenters. The molecule has 0 saturated heterocycles. The van der Waals surface area contributed by atoms with Crippen molar-refractivity contribution in [3.8, 4) is 0 Å². The van der Waals surface area contributed by atoms with E-state index in [2.05, 4.69) is 28.8 Å². The third-order valence-electron chi connectivity index (χ3n) is 3.89. The topological polar surface area (TPSA) is 67.2 Å². The first-order valence-corrected chi connectivity index (χ1v) is 7.18. The average Bonchev–Trinajstić information content (AvgIpc) is 2.94. The van der Waals surface area contributed by atoms with E-state index in [9.17, 15) is 4.79 Å². The SMILES string of the molecule is CNC(=O)c1ccc(N)cc1Nc1ccc2c(c1)CCC2. The van der Waals surface area contributed by atoms with Gasteiger partial charge < -0.3 is 16.4 Å². The Morgan fingerprint density at radius 3 is 2.71 bits per heavy atom. The van der Waals surface area contributed by atoms with E-state index in [0.717, 1.165) is 24.2 Å². The summed E-state index contributed by atoms with van der Waals surface area (Å²) in [6, 6.07) is 11.6.